The summed E-state index contributed by atoms with van der Waals surface area (Å²) in [6.45, 7) is 12.6. The Kier molecular flexibility index (Phi) is 6.09. The molecule has 1 saturated heterocycles. The van der Waals surface area contributed by atoms with E-state index in [0.29, 0.717) is 6.04 Å². The van der Waals surface area contributed by atoms with Gasteiger partial charge < -0.3 is 5.32 Å². The summed E-state index contributed by atoms with van der Waals surface area (Å²) < 4.78 is 1.31. The molecule has 1 fully saturated rings. The van der Waals surface area contributed by atoms with Crippen molar-refractivity contribution in [2.75, 3.05) is 13.1 Å². The fraction of sp³-hybridized carbons (Fsp3) is 0.667. The fourth-order valence-electron chi connectivity index (χ4n) is 3.15. The minimum atomic E-state index is 0.261. The lowest BCUT2D eigenvalue weighted by molar-refractivity contribution is 0.0664. The maximum atomic E-state index is 3.78. The summed E-state index contributed by atoms with van der Waals surface area (Å²) in [6.07, 6.45) is 2.46. The molecule has 1 aliphatic rings. The average Bonchev–Trinajstić information content (AvgIpc) is 2.44. The van der Waals surface area contributed by atoms with E-state index in [-0.39, 0.29) is 5.54 Å². The van der Waals surface area contributed by atoms with E-state index in [1.54, 1.807) is 0 Å². The highest BCUT2D eigenvalue weighted by atomic mass is 127. The van der Waals surface area contributed by atoms with Crippen LogP contribution in [0.25, 0.3) is 0 Å². The van der Waals surface area contributed by atoms with Gasteiger partial charge in [0.2, 0.25) is 0 Å². The molecule has 2 rings (SSSR count). The molecule has 0 aliphatic carbocycles. The van der Waals surface area contributed by atoms with Crippen LogP contribution in [-0.4, -0.2) is 29.6 Å². The van der Waals surface area contributed by atoms with Crippen molar-refractivity contribution >= 4 is 22.6 Å². The predicted octanol–water partition coefficient (Wildman–Crippen LogP) is 4.28. The van der Waals surface area contributed by atoms with Crippen molar-refractivity contribution < 1.29 is 0 Å². The van der Waals surface area contributed by atoms with Crippen LogP contribution in [0.15, 0.2) is 24.3 Å². The summed E-state index contributed by atoms with van der Waals surface area (Å²) in [7, 11) is 0. The minimum Gasteiger partial charge on any atom is -0.309 e. The molecule has 0 radical (unpaired) electrons. The van der Waals surface area contributed by atoms with Crippen LogP contribution in [-0.2, 0) is 6.54 Å². The SMILES string of the molecule is CCC1(C)CN(Cc2ccc(I)cc2)C(CC(C)C)CN1. The lowest BCUT2D eigenvalue weighted by atomic mass is 9.90. The van der Waals surface area contributed by atoms with Crippen LogP contribution >= 0.6 is 22.6 Å². The average molecular weight is 400 g/mol. The van der Waals surface area contributed by atoms with E-state index in [4.69, 9.17) is 0 Å². The second-order valence-electron chi connectivity index (χ2n) is 7.11. The van der Waals surface area contributed by atoms with Crippen LogP contribution in [0.2, 0.25) is 0 Å². The van der Waals surface area contributed by atoms with Crippen molar-refractivity contribution in [3.05, 3.63) is 33.4 Å². The Balaban J connectivity index is 2.10. The third-order valence-corrected chi connectivity index (χ3v) is 5.37. The van der Waals surface area contributed by atoms with Gasteiger partial charge in [-0.25, -0.2) is 0 Å². The number of nitrogens with zero attached hydrogens (tertiary/aromatic N) is 1. The predicted molar refractivity (Wildman–Crippen MR) is 99.5 cm³/mol. The standard InChI is InChI=1S/C18H29IN2/c1-5-18(4)13-21(17(11-20-18)10-14(2)3)12-15-6-8-16(19)9-7-15/h6-9,14,17,20H,5,10-13H2,1-4H3. The molecule has 2 unspecified atom stereocenters. The number of benzene rings is 1. The lowest BCUT2D eigenvalue weighted by Gasteiger charge is -2.46. The first-order valence-electron chi connectivity index (χ1n) is 8.15. The monoisotopic (exact) mass is 400 g/mol. The molecule has 0 amide bonds. The normalized spacial score (nSPS) is 27.2. The number of piperazine rings is 1. The summed E-state index contributed by atoms with van der Waals surface area (Å²) in [6, 6.07) is 9.64. The number of rotatable bonds is 5. The second kappa shape index (κ2) is 7.42. The van der Waals surface area contributed by atoms with Crippen LogP contribution in [0.5, 0.6) is 0 Å². The van der Waals surface area contributed by atoms with Crippen LogP contribution in [0.4, 0.5) is 0 Å². The van der Waals surface area contributed by atoms with E-state index in [2.05, 4.69) is 84.8 Å². The zero-order chi connectivity index (χ0) is 15.5. The van der Waals surface area contributed by atoms with Gasteiger partial charge in [0.25, 0.3) is 0 Å². The third-order valence-electron chi connectivity index (χ3n) is 4.66. The molecule has 3 heteroatoms. The van der Waals surface area contributed by atoms with Crippen molar-refractivity contribution in [2.45, 2.75) is 58.7 Å². The van der Waals surface area contributed by atoms with Crippen LogP contribution in [0.3, 0.4) is 0 Å². The van der Waals surface area contributed by atoms with Gasteiger partial charge >= 0.3 is 0 Å². The van der Waals surface area contributed by atoms with Crippen LogP contribution < -0.4 is 5.32 Å². The molecule has 0 saturated carbocycles. The van der Waals surface area contributed by atoms with Gasteiger partial charge in [0.1, 0.15) is 0 Å². The first-order chi connectivity index (χ1) is 9.92. The first kappa shape index (κ1) is 17.2. The van der Waals surface area contributed by atoms with Crippen LogP contribution in [0.1, 0.15) is 46.1 Å². The molecule has 118 valence electrons. The molecular formula is C18H29IN2. The highest BCUT2D eigenvalue weighted by molar-refractivity contribution is 14.1. The molecule has 0 aromatic heterocycles. The molecule has 0 bridgehead atoms. The highest BCUT2D eigenvalue weighted by Crippen LogP contribution is 2.24. The van der Waals surface area contributed by atoms with E-state index in [9.17, 15) is 0 Å². The summed E-state index contributed by atoms with van der Waals surface area (Å²) >= 11 is 2.38. The van der Waals surface area contributed by atoms with Gasteiger partial charge in [-0.2, -0.15) is 0 Å². The number of hydrogen-bond acceptors (Lipinski definition) is 2. The molecule has 21 heavy (non-hydrogen) atoms. The molecule has 0 spiro atoms. The molecule has 1 aromatic carbocycles. The maximum absolute atomic E-state index is 3.78. The second-order valence-corrected chi connectivity index (χ2v) is 8.36. The first-order valence-corrected chi connectivity index (χ1v) is 9.23. The molecule has 1 heterocycles. The smallest absolute Gasteiger partial charge is 0.0278 e. The zero-order valence-corrected chi connectivity index (χ0v) is 16.0. The van der Waals surface area contributed by atoms with Crippen molar-refractivity contribution in [2.24, 2.45) is 5.92 Å². The van der Waals surface area contributed by atoms with E-state index in [1.165, 1.54) is 22.0 Å². The summed E-state index contributed by atoms with van der Waals surface area (Å²) in [5.74, 6) is 0.752. The Morgan fingerprint density at radius 3 is 2.57 bits per heavy atom. The van der Waals surface area contributed by atoms with Crippen molar-refractivity contribution in [1.29, 1.82) is 0 Å². The molecule has 1 aliphatic heterocycles. The van der Waals surface area contributed by atoms with Crippen molar-refractivity contribution in [3.8, 4) is 0 Å². The fourth-order valence-corrected chi connectivity index (χ4v) is 3.51. The zero-order valence-electron chi connectivity index (χ0n) is 13.8. The van der Waals surface area contributed by atoms with Gasteiger partial charge in [-0.1, -0.05) is 32.9 Å². The van der Waals surface area contributed by atoms with E-state index < -0.39 is 0 Å². The lowest BCUT2D eigenvalue weighted by Crippen LogP contribution is -2.62. The largest absolute Gasteiger partial charge is 0.309 e. The Bertz CT molecular complexity index is 443. The number of halogens is 1. The number of nitrogens with one attached hydrogen (secondary N) is 1. The van der Waals surface area contributed by atoms with Gasteiger partial charge in [-0.3, -0.25) is 4.90 Å². The Morgan fingerprint density at radius 1 is 1.33 bits per heavy atom. The van der Waals surface area contributed by atoms with E-state index >= 15 is 0 Å². The van der Waals surface area contributed by atoms with Crippen molar-refractivity contribution in [1.82, 2.24) is 10.2 Å². The Hall–Kier alpha value is -0.130. The Morgan fingerprint density at radius 2 is 2.00 bits per heavy atom. The molecule has 2 nitrogen and oxygen atoms in total. The molecule has 1 aromatic rings. The van der Waals surface area contributed by atoms with Gasteiger partial charge in [-0.15, -0.1) is 0 Å². The number of hydrogen-bond donors (Lipinski definition) is 1. The molecule has 2 atom stereocenters. The maximum Gasteiger partial charge on any atom is 0.0278 e. The van der Waals surface area contributed by atoms with Gasteiger partial charge in [0.15, 0.2) is 0 Å². The molecule has 1 N–H and O–H groups in total. The summed E-state index contributed by atoms with van der Waals surface area (Å²) in [5, 5.41) is 3.78. The van der Waals surface area contributed by atoms with Gasteiger partial charge in [-0.05, 0) is 66.0 Å². The Labute approximate surface area is 143 Å². The van der Waals surface area contributed by atoms with E-state index in [0.717, 1.165) is 25.6 Å². The van der Waals surface area contributed by atoms with E-state index in [1.807, 2.05) is 0 Å². The van der Waals surface area contributed by atoms with Crippen LogP contribution in [0, 0.1) is 9.49 Å². The topological polar surface area (TPSA) is 15.3 Å². The summed E-state index contributed by atoms with van der Waals surface area (Å²) in [5.41, 5.74) is 1.70. The quantitative estimate of drug-likeness (QED) is 0.743. The third kappa shape index (κ3) is 4.93. The van der Waals surface area contributed by atoms with Gasteiger partial charge in [0, 0.05) is 34.8 Å². The van der Waals surface area contributed by atoms with Crippen molar-refractivity contribution in [3.63, 3.8) is 0 Å². The highest BCUT2D eigenvalue weighted by Gasteiger charge is 2.34. The summed E-state index contributed by atoms with van der Waals surface area (Å²) in [4.78, 5) is 2.70. The minimum absolute atomic E-state index is 0.261. The van der Waals surface area contributed by atoms with Gasteiger partial charge in [0.05, 0.1) is 0 Å². The molecular weight excluding hydrogens is 371 g/mol.